The molecule has 0 spiro atoms. The van der Waals surface area contributed by atoms with Crippen molar-refractivity contribution in [3.8, 4) is 5.75 Å². The molecule has 3 aromatic carbocycles. The number of likely N-dealkylation sites (tertiary alicyclic amines) is 1. The number of ether oxygens (including phenoxy) is 1. The lowest BCUT2D eigenvalue weighted by atomic mass is 9.69. The number of benzene rings is 3. The Morgan fingerprint density at radius 1 is 0.980 bits per heavy atom. The monoisotopic (exact) mass is 681 g/mol. The second-order valence-corrected chi connectivity index (χ2v) is 19.1. The third-order valence-corrected chi connectivity index (χ3v) is 15.7. The van der Waals surface area contributed by atoms with Gasteiger partial charge in [-0.15, -0.1) is 0 Å². The van der Waals surface area contributed by atoms with E-state index < -0.39 is 26.0 Å². The molecule has 2 amide bonds. The van der Waals surface area contributed by atoms with Gasteiger partial charge < -0.3 is 14.3 Å². The minimum absolute atomic E-state index is 0.116. The highest BCUT2D eigenvalue weighted by atomic mass is 28.4. The van der Waals surface area contributed by atoms with Crippen LogP contribution in [0.3, 0.4) is 0 Å². The van der Waals surface area contributed by atoms with Crippen LogP contribution in [0.4, 0.5) is 4.39 Å². The average molecular weight is 682 g/mol. The van der Waals surface area contributed by atoms with Gasteiger partial charge in [-0.25, -0.2) is 4.39 Å². The Labute approximate surface area is 290 Å². The zero-order valence-corrected chi connectivity index (χ0v) is 30.2. The number of fused-ring (bicyclic) bond motifs is 3. The fraction of sp³-hybridized carbons (Fsp3) is 0.415. The predicted molar refractivity (Wildman–Crippen MR) is 193 cm³/mol. The van der Waals surface area contributed by atoms with Crippen molar-refractivity contribution in [3.63, 3.8) is 0 Å². The Hall–Kier alpha value is -3.85. The minimum atomic E-state index is -2.87. The van der Waals surface area contributed by atoms with Crippen molar-refractivity contribution in [3.05, 3.63) is 107 Å². The Balaban J connectivity index is 1.37. The number of phenols is 1. The van der Waals surface area contributed by atoms with E-state index in [4.69, 9.17) is 9.16 Å². The first-order valence-electron chi connectivity index (χ1n) is 17.5. The zero-order chi connectivity index (χ0) is 34.9. The van der Waals surface area contributed by atoms with Crippen molar-refractivity contribution in [1.82, 2.24) is 4.90 Å². The SMILES string of the molecule is CCC/C(=C\c1ccc(O)c(F)c1)CC[C@H]1OC[C@H]2C1=C(CO[Si](c1ccccc1)(c1ccccc1)C(C)(C)C)C[C@H]1C(=O)N(C)C(=O)[C@H]12. The predicted octanol–water partition coefficient (Wildman–Crippen LogP) is 7.02. The number of aromatic hydroxyl groups is 1. The molecule has 3 aromatic rings. The number of halogens is 1. The van der Waals surface area contributed by atoms with Gasteiger partial charge in [0, 0.05) is 13.0 Å². The quantitative estimate of drug-likeness (QED) is 0.134. The lowest BCUT2D eigenvalue weighted by Gasteiger charge is -2.44. The van der Waals surface area contributed by atoms with Crippen LogP contribution in [0.5, 0.6) is 5.75 Å². The molecular weight excluding hydrogens is 634 g/mol. The summed E-state index contributed by atoms with van der Waals surface area (Å²) >= 11 is 0. The van der Waals surface area contributed by atoms with E-state index in [1.54, 1.807) is 13.1 Å². The molecule has 258 valence electrons. The van der Waals surface area contributed by atoms with Gasteiger partial charge >= 0.3 is 0 Å². The zero-order valence-electron chi connectivity index (χ0n) is 29.2. The highest BCUT2D eigenvalue weighted by Crippen LogP contribution is 2.50. The summed E-state index contributed by atoms with van der Waals surface area (Å²) in [5, 5.41) is 11.8. The molecule has 8 heteroatoms. The van der Waals surface area contributed by atoms with Crippen molar-refractivity contribution in [2.24, 2.45) is 17.8 Å². The van der Waals surface area contributed by atoms with Crippen LogP contribution in [0.15, 0.2) is 95.6 Å². The van der Waals surface area contributed by atoms with Gasteiger partial charge in [0.2, 0.25) is 11.8 Å². The molecule has 4 atom stereocenters. The third-order valence-electron chi connectivity index (χ3n) is 10.7. The molecule has 0 bridgehead atoms. The number of hydrogen-bond donors (Lipinski definition) is 1. The van der Waals surface area contributed by atoms with Crippen molar-refractivity contribution in [1.29, 1.82) is 0 Å². The highest BCUT2D eigenvalue weighted by molar-refractivity contribution is 6.99. The van der Waals surface area contributed by atoms with Crippen LogP contribution >= 0.6 is 0 Å². The Kier molecular flexibility index (Phi) is 10.1. The molecular formula is C41H48FNO5Si. The number of allylic oxidation sites excluding steroid dienone is 1. The fourth-order valence-corrected chi connectivity index (χ4v) is 13.0. The molecule has 1 N–H and O–H groups in total. The topological polar surface area (TPSA) is 76.1 Å². The second kappa shape index (κ2) is 14.2. The van der Waals surface area contributed by atoms with E-state index in [-0.39, 0.29) is 34.6 Å². The second-order valence-electron chi connectivity index (χ2n) is 14.8. The molecule has 2 saturated heterocycles. The first kappa shape index (κ1) is 35.0. The van der Waals surface area contributed by atoms with Crippen LogP contribution in [0.1, 0.15) is 65.4 Å². The number of phenolic OH excluding ortho intramolecular Hbond substituents is 1. The summed E-state index contributed by atoms with van der Waals surface area (Å²) in [5.41, 5.74) is 4.09. The van der Waals surface area contributed by atoms with E-state index in [1.165, 1.54) is 33.0 Å². The number of imide groups is 1. The molecule has 0 aromatic heterocycles. The van der Waals surface area contributed by atoms with Gasteiger partial charge in [0.05, 0.1) is 31.2 Å². The van der Waals surface area contributed by atoms with Crippen molar-refractivity contribution in [2.45, 2.75) is 70.9 Å². The number of carbonyl (C=O) groups is 2. The molecule has 0 saturated carbocycles. The molecule has 0 unspecified atom stereocenters. The molecule has 2 fully saturated rings. The smallest absolute Gasteiger partial charge is 0.261 e. The Morgan fingerprint density at radius 2 is 1.63 bits per heavy atom. The standard InChI is InChI=1S/C41H48FNO5Si/c1-6-13-27(22-28-18-20-35(44)34(42)23-28)19-21-36-37-29(24-32-38(33(37)26-47-36)40(46)43(5)39(32)45)25-48-49(41(2,3)4,30-14-9-7-10-15-30)31-16-11-8-12-17-31/h7-12,14-18,20,22-23,32-33,36,38,44H,6,13,19,21,24-26H2,1-5H3/b27-22+/t32-,33+,36-,38-/m1/s1. The minimum Gasteiger partial charge on any atom is -0.505 e. The number of rotatable bonds is 11. The van der Waals surface area contributed by atoms with Crippen LogP contribution in [0.2, 0.25) is 5.04 Å². The van der Waals surface area contributed by atoms with Gasteiger partial charge in [-0.2, -0.15) is 0 Å². The van der Waals surface area contributed by atoms with E-state index in [0.717, 1.165) is 30.4 Å². The van der Waals surface area contributed by atoms with Gasteiger partial charge in [0.25, 0.3) is 8.32 Å². The van der Waals surface area contributed by atoms with Gasteiger partial charge in [-0.1, -0.05) is 112 Å². The summed E-state index contributed by atoms with van der Waals surface area (Å²) in [7, 11) is -1.27. The van der Waals surface area contributed by atoms with Crippen LogP contribution in [0.25, 0.3) is 6.08 Å². The van der Waals surface area contributed by atoms with Crippen LogP contribution in [-0.4, -0.2) is 56.5 Å². The van der Waals surface area contributed by atoms with Crippen LogP contribution < -0.4 is 10.4 Å². The van der Waals surface area contributed by atoms with Gasteiger partial charge in [-0.3, -0.25) is 14.5 Å². The van der Waals surface area contributed by atoms with E-state index in [9.17, 15) is 19.1 Å². The molecule has 2 heterocycles. The van der Waals surface area contributed by atoms with E-state index in [0.29, 0.717) is 31.6 Å². The molecule has 3 aliphatic rings. The summed E-state index contributed by atoms with van der Waals surface area (Å²) in [4.78, 5) is 28.2. The summed E-state index contributed by atoms with van der Waals surface area (Å²) in [6.07, 6.45) is 5.50. The normalized spacial score (nSPS) is 22.9. The maximum absolute atomic E-state index is 14.1. The van der Waals surface area contributed by atoms with Crippen molar-refractivity contribution >= 4 is 36.6 Å². The summed E-state index contributed by atoms with van der Waals surface area (Å²) in [6, 6.07) is 25.5. The fourth-order valence-electron chi connectivity index (χ4n) is 8.48. The van der Waals surface area contributed by atoms with E-state index in [2.05, 4.69) is 76.2 Å². The maximum Gasteiger partial charge on any atom is 0.261 e. The Bertz CT molecular complexity index is 1710. The molecule has 1 aliphatic carbocycles. The lowest BCUT2D eigenvalue weighted by molar-refractivity contribution is -0.138. The average Bonchev–Trinajstić information content (AvgIpc) is 3.60. The largest absolute Gasteiger partial charge is 0.505 e. The lowest BCUT2D eigenvalue weighted by Crippen LogP contribution is -2.66. The third kappa shape index (κ3) is 6.58. The molecule has 49 heavy (non-hydrogen) atoms. The number of hydrogen-bond acceptors (Lipinski definition) is 5. The first-order chi connectivity index (χ1) is 23.5. The highest BCUT2D eigenvalue weighted by Gasteiger charge is 2.57. The number of amides is 2. The van der Waals surface area contributed by atoms with E-state index in [1.807, 2.05) is 18.2 Å². The van der Waals surface area contributed by atoms with E-state index >= 15 is 0 Å². The Morgan fingerprint density at radius 3 is 2.22 bits per heavy atom. The van der Waals surface area contributed by atoms with Gasteiger partial charge in [0.1, 0.15) is 0 Å². The molecule has 6 nitrogen and oxygen atoms in total. The summed E-state index contributed by atoms with van der Waals surface area (Å²) in [5.74, 6) is -2.23. The van der Waals surface area contributed by atoms with Crippen LogP contribution in [0, 0.1) is 23.6 Å². The number of carbonyl (C=O) groups excluding carboxylic acids is 2. The van der Waals surface area contributed by atoms with Crippen molar-refractivity contribution < 1.29 is 28.2 Å². The van der Waals surface area contributed by atoms with Crippen molar-refractivity contribution in [2.75, 3.05) is 20.3 Å². The first-order valence-corrected chi connectivity index (χ1v) is 19.4. The van der Waals surface area contributed by atoms with Gasteiger partial charge in [0.15, 0.2) is 11.6 Å². The number of nitrogens with zero attached hydrogens (tertiary/aromatic N) is 1. The van der Waals surface area contributed by atoms with Crippen LogP contribution in [-0.2, 0) is 18.8 Å². The molecule has 6 rings (SSSR count). The summed E-state index contributed by atoms with van der Waals surface area (Å²) in [6.45, 7) is 9.65. The summed E-state index contributed by atoms with van der Waals surface area (Å²) < 4.78 is 28.1. The van der Waals surface area contributed by atoms with Gasteiger partial charge in [-0.05, 0) is 69.9 Å². The molecule has 2 aliphatic heterocycles. The molecule has 0 radical (unpaired) electrons. The maximum atomic E-state index is 14.1.